The quantitative estimate of drug-likeness (QED) is 0.696. The van der Waals surface area contributed by atoms with Gasteiger partial charge in [0.25, 0.3) is 0 Å². The lowest BCUT2D eigenvalue weighted by Gasteiger charge is -2.23. The van der Waals surface area contributed by atoms with E-state index in [1.165, 1.54) is 11.2 Å². The average Bonchev–Trinajstić information content (AvgIpc) is 2.28. The van der Waals surface area contributed by atoms with Crippen LogP contribution in [0.25, 0.3) is 6.08 Å². The number of rotatable bonds is 1. The number of anilines is 1. The molecule has 0 atom stereocenters. The number of amides is 1. The molecule has 78 valence electrons. The topological polar surface area (TPSA) is 55.3 Å². The van der Waals surface area contributed by atoms with Gasteiger partial charge in [-0.05, 0) is 6.92 Å². The minimum atomic E-state index is -0.373. The van der Waals surface area contributed by atoms with Gasteiger partial charge in [-0.1, -0.05) is 12.2 Å². The molecule has 15 heavy (non-hydrogen) atoms. The number of hydrogen-bond donors (Lipinski definition) is 0. The first-order valence-corrected chi connectivity index (χ1v) is 4.73. The van der Waals surface area contributed by atoms with E-state index in [1.807, 2.05) is 12.2 Å². The monoisotopic (exact) mass is 205 g/mol. The fraction of sp³-hybridized carbons (Fsp3) is 0.300. The Balaban J connectivity index is 2.30. The predicted octanol–water partition coefficient (Wildman–Crippen LogP) is 1.47. The molecule has 0 saturated carbocycles. The SMILES string of the molecule is CCOC(=O)N1CC=Cc2cncnc21. The molecule has 1 aromatic rings. The summed E-state index contributed by atoms with van der Waals surface area (Å²) in [7, 11) is 0. The molecule has 0 aromatic carbocycles. The smallest absolute Gasteiger partial charge is 0.415 e. The van der Waals surface area contributed by atoms with Gasteiger partial charge >= 0.3 is 6.09 Å². The Kier molecular flexibility index (Phi) is 2.62. The Bertz CT molecular complexity index is 403. The van der Waals surface area contributed by atoms with E-state index in [0.717, 1.165) is 5.56 Å². The third kappa shape index (κ3) is 1.81. The van der Waals surface area contributed by atoms with Gasteiger partial charge in [-0.25, -0.2) is 14.8 Å². The number of nitrogens with zero attached hydrogens (tertiary/aromatic N) is 3. The van der Waals surface area contributed by atoms with Crippen LogP contribution in [0.1, 0.15) is 12.5 Å². The van der Waals surface area contributed by atoms with Crippen molar-refractivity contribution in [3.63, 3.8) is 0 Å². The second-order valence-corrected chi connectivity index (χ2v) is 3.01. The molecule has 5 heteroatoms. The second kappa shape index (κ2) is 4.08. The summed E-state index contributed by atoms with van der Waals surface area (Å²) in [6.07, 6.45) is 6.49. The van der Waals surface area contributed by atoms with Crippen molar-refractivity contribution in [2.45, 2.75) is 6.92 Å². The fourth-order valence-electron chi connectivity index (χ4n) is 1.41. The van der Waals surface area contributed by atoms with E-state index in [2.05, 4.69) is 9.97 Å². The van der Waals surface area contributed by atoms with Gasteiger partial charge in [-0.15, -0.1) is 0 Å². The van der Waals surface area contributed by atoms with Crippen LogP contribution in [0.3, 0.4) is 0 Å². The molecule has 5 nitrogen and oxygen atoms in total. The second-order valence-electron chi connectivity index (χ2n) is 3.01. The molecule has 0 bridgehead atoms. The normalized spacial score (nSPS) is 13.5. The maximum absolute atomic E-state index is 11.6. The van der Waals surface area contributed by atoms with Crippen LogP contribution in [0.15, 0.2) is 18.6 Å². The Labute approximate surface area is 87.4 Å². The number of hydrogen-bond acceptors (Lipinski definition) is 4. The van der Waals surface area contributed by atoms with Crippen molar-refractivity contribution in [1.29, 1.82) is 0 Å². The summed E-state index contributed by atoms with van der Waals surface area (Å²) < 4.78 is 4.93. The van der Waals surface area contributed by atoms with Crippen LogP contribution in [0, 0.1) is 0 Å². The van der Waals surface area contributed by atoms with Crippen molar-refractivity contribution in [2.24, 2.45) is 0 Å². The lowest BCUT2D eigenvalue weighted by molar-refractivity contribution is 0.160. The van der Waals surface area contributed by atoms with Crippen molar-refractivity contribution in [3.8, 4) is 0 Å². The zero-order valence-corrected chi connectivity index (χ0v) is 8.38. The number of ether oxygens (including phenoxy) is 1. The summed E-state index contributed by atoms with van der Waals surface area (Å²) in [6.45, 7) is 2.63. The molecular formula is C10H11N3O2. The summed E-state index contributed by atoms with van der Waals surface area (Å²) in [5, 5.41) is 0. The zero-order chi connectivity index (χ0) is 10.7. The number of aromatic nitrogens is 2. The van der Waals surface area contributed by atoms with Crippen LogP contribution in [-0.2, 0) is 4.74 Å². The van der Waals surface area contributed by atoms with Crippen LogP contribution >= 0.6 is 0 Å². The van der Waals surface area contributed by atoms with Gasteiger partial charge in [0, 0.05) is 18.3 Å². The van der Waals surface area contributed by atoms with Crippen LogP contribution in [0.5, 0.6) is 0 Å². The van der Waals surface area contributed by atoms with Crippen molar-refractivity contribution >= 4 is 18.0 Å². The highest BCUT2D eigenvalue weighted by atomic mass is 16.6. The molecule has 0 fully saturated rings. The molecule has 0 N–H and O–H groups in total. The van der Waals surface area contributed by atoms with Crippen molar-refractivity contribution in [2.75, 3.05) is 18.1 Å². The van der Waals surface area contributed by atoms with E-state index in [9.17, 15) is 4.79 Å². The highest BCUT2D eigenvalue weighted by molar-refractivity contribution is 5.90. The van der Waals surface area contributed by atoms with Gasteiger partial charge in [-0.3, -0.25) is 4.90 Å². The summed E-state index contributed by atoms with van der Waals surface area (Å²) in [4.78, 5) is 21.0. The van der Waals surface area contributed by atoms with Crippen molar-refractivity contribution in [3.05, 3.63) is 24.2 Å². The van der Waals surface area contributed by atoms with E-state index in [0.29, 0.717) is 19.0 Å². The summed E-state index contributed by atoms with van der Waals surface area (Å²) >= 11 is 0. The highest BCUT2D eigenvalue weighted by Gasteiger charge is 2.21. The van der Waals surface area contributed by atoms with Crippen LogP contribution in [-0.4, -0.2) is 29.2 Å². The molecule has 1 aliphatic heterocycles. The van der Waals surface area contributed by atoms with E-state index in [1.54, 1.807) is 13.1 Å². The first-order chi connectivity index (χ1) is 7.33. The van der Waals surface area contributed by atoms with Crippen LogP contribution in [0.4, 0.5) is 10.6 Å². The Morgan fingerprint density at radius 2 is 2.53 bits per heavy atom. The Morgan fingerprint density at radius 1 is 1.67 bits per heavy atom. The minimum absolute atomic E-state index is 0.361. The van der Waals surface area contributed by atoms with Crippen molar-refractivity contribution in [1.82, 2.24) is 9.97 Å². The third-order valence-corrected chi connectivity index (χ3v) is 2.05. The molecule has 2 rings (SSSR count). The van der Waals surface area contributed by atoms with Gasteiger partial charge in [0.1, 0.15) is 12.1 Å². The van der Waals surface area contributed by atoms with E-state index in [4.69, 9.17) is 4.74 Å². The maximum atomic E-state index is 11.6. The van der Waals surface area contributed by atoms with Gasteiger partial charge in [-0.2, -0.15) is 0 Å². The first kappa shape index (κ1) is 9.64. The van der Waals surface area contributed by atoms with E-state index < -0.39 is 0 Å². The van der Waals surface area contributed by atoms with Gasteiger partial charge < -0.3 is 4.74 Å². The molecule has 0 spiro atoms. The zero-order valence-electron chi connectivity index (χ0n) is 8.38. The Hall–Kier alpha value is -1.91. The Morgan fingerprint density at radius 3 is 3.33 bits per heavy atom. The fourth-order valence-corrected chi connectivity index (χ4v) is 1.41. The molecule has 0 saturated heterocycles. The lowest BCUT2D eigenvalue weighted by Crippen LogP contribution is -2.34. The predicted molar refractivity (Wildman–Crippen MR) is 55.4 cm³/mol. The standard InChI is InChI=1S/C10H11N3O2/c1-2-15-10(14)13-5-3-4-8-6-11-7-12-9(8)13/h3-4,6-7H,2,5H2,1H3. The molecular weight excluding hydrogens is 194 g/mol. The van der Waals surface area contributed by atoms with E-state index in [-0.39, 0.29) is 6.09 Å². The summed E-state index contributed by atoms with van der Waals surface area (Å²) in [5.41, 5.74) is 0.830. The molecule has 0 unspecified atom stereocenters. The van der Waals surface area contributed by atoms with Crippen LogP contribution < -0.4 is 4.90 Å². The number of carbonyl (C=O) groups excluding carboxylic acids is 1. The molecule has 0 radical (unpaired) electrons. The molecule has 1 aliphatic rings. The number of carbonyl (C=O) groups is 1. The van der Waals surface area contributed by atoms with E-state index >= 15 is 0 Å². The maximum Gasteiger partial charge on any atom is 0.415 e. The van der Waals surface area contributed by atoms with Crippen LogP contribution in [0.2, 0.25) is 0 Å². The molecule has 0 aliphatic carbocycles. The molecule has 2 heterocycles. The van der Waals surface area contributed by atoms with Gasteiger partial charge in [0.15, 0.2) is 0 Å². The lowest BCUT2D eigenvalue weighted by atomic mass is 10.2. The molecule has 1 amide bonds. The highest BCUT2D eigenvalue weighted by Crippen LogP contribution is 2.22. The third-order valence-electron chi connectivity index (χ3n) is 2.05. The number of fused-ring (bicyclic) bond motifs is 1. The van der Waals surface area contributed by atoms with Gasteiger partial charge in [0.05, 0.1) is 6.61 Å². The minimum Gasteiger partial charge on any atom is -0.449 e. The average molecular weight is 205 g/mol. The summed E-state index contributed by atoms with van der Waals surface area (Å²) in [6, 6.07) is 0. The van der Waals surface area contributed by atoms with Crippen molar-refractivity contribution < 1.29 is 9.53 Å². The summed E-state index contributed by atoms with van der Waals surface area (Å²) in [5.74, 6) is 0.603. The largest absolute Gasteiger partial charge is 0.449 e. The first-order valence-electron chi connectivity index (χ1n) is 4.73. The van der Waals surface area contributed by atoms with Gasteiger partial charge in [0.2, 0.25) is 0 Å². The molecule has 1 aromatic heterocycles.